The summed E-state index contributed by atoms with van der Waals surface area (Å²) >= 11 is 0. The number of likely N-dealkylation sites (tertiary alicyclic amines) is 1. The summed E-state index contributed by atoms with van der Waals surface area (Å²) in [4.78, 5) is 25.0. The maximum absolute atomic E-state index is 12.1. The van der Waals surface area contributed by atoms with Gasteiger partial charge in [-0.2, -0.15) is 0 Å². The standard InChI is InChI=1S/C14H18N2O3/c1-10(17)16-8-6-11(7-9-16)14(19)15-12-2-4-13(18)5-3-12/h2-5,11,18H,6-9H2,1H3,(H,15,19). The number of hydrogen-bond donors (Lipinski definition) is 2. The van der Waals surface area contributed by atoms with Crippen LogP contribution in [0.15, 0.2) is 24.3 Å². The fourth-order valence-electron chi connectivity index (χ4n) is 2.25. The molecule has 1 aliphatic heterocycles. The minimum absolute atomic E-state index is 0.0195. The lowest BCUT2D eigenvalue weighted by Gasteiger charge is -2.30. The summed E-state index contributed by atoms with van der Waals surface area (Å²) in [6.45, 7) is 2.84. The fourth-order valence-corrected chi connectivity index (χ4v) is 2.25. The van der Waals surface area contributed by atoms with Gasteiger partial charge in [-0.1, -0.05) is 0 Å². The van der Waals surface area contributed by atoms with Crippen LogP contribution < -0.4 is 5.32 Å². The summed E-state index contributed by atoms with van der Waals surface area (Å²) < 4.78 is 0. The Bertz CT molecular complexity index is 462. The normalized spacial score (nSPS) is 16.2. The first kappa shape index (κ1) is 13.4. The first-order chi connectivity index (χ1) is 9.06. The molecule has 5 heteroatoms. The van der Waals surface area contributed by atoms with Gasteiger partial charge in [-0.25, -0.2) is 0 Å². The van der Waals surface area contributed by atoms with Crippen molar-refractivity contribution < 1.29 is 14.7 Å². The molecule has 0 aromatic heterocycles. The van der Waals surface area contributed by atoms with E-state index in [1.807, 2.05) is 0 Å². The van der Waals surface area contributed by atoms with Crippen LogP contribution in [-0.2, 0) is 9.59 Å². The lowest BCUT2D eigenvalue weighted by molar-refractivity contribution is -0.132. The number of piperidine rings is 1. The van der Waals surface area contributed by atoms with Crippen LogP contribution in [0.5, 0.6) is 5.75 Å². The molecule has 0 spiro atoms. The van der Waals surface area contributed by atoms with Crippen LogP contribution in [0.2, 0.25) is 0 Å². The maximum atomic E-state index is 12.1. The molecule has 1 aromatic carbocycles. The fraction of sp³-hybridized carbons (Fsp3) is 0.429. The summed E-state index contributed by atoms with van der Waals surface area (Å²) in [6, 6.07) is 6.40. The molecule has 1 heterocycles. The van der Waals surface area contributed by atoms with Crippen LogP contribution >= 0.6 is 0 Å². The molecule has 0 bridgehead atoms. The molecule has 19 heavy (non-hydrogen) atoms. The van der Waals surface area contributed by atoms with Gasteiger partial charge < -0.3 is 15.3 Å². The molecule has 5 nitrogen and oxygen atoms in total. The van der Waals surface area contributed by atoms with E-state index >= 15 is 0 Å². The molecule has 0 unspecified atom stereocenters. The number of carbonyl (C=O) groups is 2. The Morgan fingerprint density at radius 3 is 2.32 bits per heavy atom. The Morgan fingerprint density at radius 1 is 1.21 bits per heavy atom. The summed E-state index contributed by atoms with van der Waals surface area (Å²) in [7, 11) is 0. The molecular formula is C14H18N2O3. The van der Waals surface area contributed by atoms with Crippen LogP contribution in [0, 0.1) is 5.92 Å². The van der Waals surface area contributed by atoms with Crippen LogP contribution in [0.4, 0.5) is 5.69 Å². The number of carbonyl (C=O) groups excluding carboxylic acids is 2. The predicted octanol–water partition coefficient (Wildman–Crippen LogP) is 1.59. The predicted molar refractivity (Wildman–Crippen MR) is 71.7 cm³/mol. The minimum Gasteiger partial charge on any atom is -0.508 e. The third-order valence-corrected chi connectivity index (χ3v) is 3.45. The molecule has 1 fully saturated rings. The van der Waals surface area contributed by atoms with Crippen LogP contribution in [0.1, 0.15) is 19.8 Å². The van der Waals surface area contributed by atoms with Crippen molar-refractivity contribution in [1.29, 1.82) is 0 Å². The molecule has 0 atom stereocenters. The van der Waals surface area contributed by atoms with Crippen molar-refractivity contribution in [2.45, 2.75) is 19.8 Å². The van der Waals surface area contributed by atoms with E-state index in [9.17, 15) is 14.7 Å². The van der Waals surface area contributed by atoms with Gasteiger partial charge in [0.2, 0.25) is 11.8 Å². The largest absolute Gasteiger partial charge is 0.508 e. The first-order valence-electron chi connectivity index (χ1n) is 6.41. The first-order valence-corrected chi connectivity index (χ1v) is 6.41. The molecular weight excluding hydrogens is 244 g/mol. The zero-order chi connectivity index (χ0) is 13.8. The average Bonchev–Trinajstić information content (AvgIpc) is 2.41. The van der Waals surface area contributed by atoms with E-state index < -0.39 is 0 Å². The van der Waals surface area contributed by atoms with E-state index in [0.29, 0.717) is 31.6 Å². The second-order valence-electron chi connectivity index (χ2n) is 4.82. The molecule has 2 amide bonds. The number of phenolic OH excluding ortho intramolecular Hbond substituents is 1. The van der Waals surface area contributed by atoms with Crippen molar-refractivity contribution in [1.82, 2.24) is 4.90 Å². The number of anilines is 1. The van der Waals surface area contributed by atoms with Gasteiger partial charge in [0.1, 0.15) is 5.75 Å². The molecule has 1 aromatic rings. The number of hydrogen-bond acceptors (Lipinski definition) is 3. The quantitative estimate of drug-likeness (QED) is 0.795. The second kappa shape index (κ2) is 5.73. The number of rotatable bonds is 2. The Morgan fingerprint density at radius 2 is 1.79 bits per heavy atom. The lowest BCUT2D eigenvalue weighted by Crippen LogP contribution is -2.40. The molecule has 1 saturated heterocycles. The van der Waals surface area contributed by atoms with Gasteiger partial charge in [0.15, 0.2) is 0 Å². The lowest BCUT2D eigenvalue weighted by atomic mass is 9.96. The van der Waals surface area contributed by atoms with Crippen molar-refractivity contribution in [3.05, 3.63) is 24.3 Å². The molecule has 1 aliphatic rings. The third kappa shape index (κ3) is 3.47. The highest BCUT2D eigenvalue weighted by molar-refractivity contribution is 5.92. The molecule has 2 rings (SSSR count). The summed E-state index contributed by atoms with van der Waals surface area (Å²) in [6.07, 6.45) is 1.40. The highest BCUT2D eigenvalue weighted by Gasteiger charge is 2.25. The molecule has 2 N–H and O–H groups in total. The monoisotopic (exact) mass is 262 g/mol. The minimum atomic E-state index is -0.0515. The van der Waals surface area contributed by atoms with Crippen molar-refractivity contribution >= 4 is 17.5 Å². The third-order valence-electron chi connectivity index (χ3n) is 3.45. The van der Waals surface area contributed by atoms with Crippen molar-refractivity contribution in [3.63, 3.8) is 0 Å². The summed E-state index contributed by atoms with van der Waals surface area (Å²) in [5.41, 5.74) is 0.678. The number of amides is 2. The number of phenols is 1. The van der Waals surface area contributed by atoms with Gasteiger partial charge in [-0.15, -0.1) is 0 Å². The number of aromatic hydroxyl groups is 1. The van der Waals surface area contributed by atoms with Crippen LogP contribution in [0.25, 0.3) is 0 Å². The van der Waals surface area contributed by atoms with Gasteiger partial charge >= 0.3 is 0 Å². The molecule has 0 saturated carbocycles. The highest BCUT2D eigenvalue weighted by atomic mass is 16.3. The van der Waals surface area contributed by atoms with Crippen molar-refractivity contribution in [2.75, 3.05) is 18.4 Å². The maximum Gasteiger partial charge on any atom is 0.227 e. The van der Waals surface area contributed by atoms with E-state index in [2.05, 4.69) is 5.32 Å². The molecule has 0 aliphatic carbocycles. The topological polar surface area (TPSA) is 69.6 Å². The van der Waals surface area contributed by atoms with Gasteiger partial charge in [0.25, 0.3) is 0 Å². The van der Waals surface area contributed by atoms with Crippen molar-refractivity contribution in [2.24, 2.45) is 5.92 Å². The number of nitrogens with one attached hydrogen (secondary N) is 1. The SMILES string of the molecule is CC(=O)N1CCC(C(=O)Nc2ccc(O)cc2)CC1. The van der Waals surface area contributed by atoms with Gasteiger partial charge in [0, 0.05) is 31.6 Å². The smallest absolute Gasteiger partial charge is 0.227 e. The highest BCUT2D eigenvalue weighted by Crippen LogP contribution is 2.20. The Balaban J connectivity index is 1.88. The van der Waals surface area contributed by atoms with E-state index in [-0.39, 0.29) is 23.5 Å². The van der Waals surface area contributed by atoms with Crippen LogP contribution in [-0.4, -0.2) is 34.9 Å². The Hall–Kier alpha value is -2.04. The average molecular weight is 262 g/mol. The second-order valence-corrected chi connectivity index (χ2v) is 4.82. The Labute approximate surface area is 112 Å². The van der Waals surface area contributed by atoms with E-state index in [4.69, 9.17) is 0 Å². The molecule has 102 valence electrons. The number of nitrogens with zero attached hydrogens (tertiary/aromatic N) is 1. The Kier molecular flexibility index (Phi) is 4.04. The van der Waals surface area contributed by atoms with Crippen LogP contribution in [0.3, 0.4) is 0 Å². The zero-order valence-corrected chi connectivity index (χ0v) is 10.9. The summed E-state index contributed by atoms with van der Waals surface area (Å²) in [5.74, 6) is 0.170. The van der Waals surface area contributed by atoms with E-state index in [1.165, 1.54) is 12.1 Å². The van der Waals surface area contributed by atoms with Crippen molar-refractivity contribution in [3.8, 4) is 5.75 Å². The van der Waals surface area contributed by atoms with Gasteiger partial charge in [-0.3, -0.25) is 9.59 Å². The van der Waals surface area contributed by atoms with Gasteiger partial charge in [-0.05, 0) is 37.1 Å². The zero-order valence-electron chi connectivity index (χ0n) is 10.9. The molecule has 0 radical (unpaired) electrons. The van der Waals surface area contributed by atoms with E-state index in [0.717, 1.165) is 0 Å². The van der Waals surface area contributed by atoms with Gasteiger partial charge in [0.05, 0.1) is 0 Å². The summed E-state index contributed by atoms with van der Waals surface area (Å²) in [5, 5.41) is 12.0. The van der Waals surface area contributed by atoms with E-state index in [1.54, 1.807) is 24.0 Å². The number of benzene rings is 1.